The molecular formula is C5H4F6O2Si. The van der Waals surface area contributed by atoms with Crippen molar-refractivity contribution in [1.29, 1.82) is 0 Å². The van der Waals surface area contributed by atoms with Gasteiger partial charge in [-0.2, -0.15) is 22.0 Å². The maximum absolute atomic E-state index is 12.3. The molecule has 0 aromatic heterocycles. The summed E-state index contributed by atoms with van der Waals surface area (Å²) in [6, 6.07) is 0. The van der Waals surface area contributed by atoms with E-state index >= 15 is 0 Å². The van der Waals surface area contributed by atoms with E-state index in [0.717, 1.165) is 0 Å². The summed E-state index contributed by atoms with van der Waals surface area (Å²) in [7, 11) is -0.700. The first-order valence-electron chi connectivity index (χ1n) is 3.19. The number of halogens is 6. The maximum atomic E-state index is 12.3. The van der Waals surface area contributed by atoms with Crippen molar-refractivity contribution in [2.45, 2.75) is 17.9 Å². The predicted octanol–water partition coefficient (Wildman–Crippen LogP) is -0.0168. The second-order valence-corrected chi connectivity index (χ2v) is 3.40. The molecule has 0 spiro atoms. The zero-order chi connectivity index (χ0) is 11.7. The van der Waals surface area contributed by atoms with Gasteiger partial charge in [-0.25, -0.2) is 4.39 Å². The highest BCUT2D eigenvalue weighted by atomic mass is 28.1. The molecule has 0 fully saturated rings. The number of carbonyl (C=O) groups excluding carboxylic acids is 2. The molecule has 0 aliphatic heterocycles. The van der Waals surface area contributed by atoms with Crippen LogP contribution in [-0.4, -0.2) is 39.7 Å². The summed E-state index contributed by atoms with van der Waals surface area (Å²) < 4.78 is 71.1. The average molecular weight is 238 g/mol. The third kappa shape index (κ3) is 2.56. The Morgan fingerprint density at radius 1 is 1.07 bits per heavy atom. The van der Waals surface area contributed by atoms with Crippen LogP contribution < -0.4 is 0 Å². The summed E-state index contributed by atoms with van der Waals surface area (Å²) in [5, 5.41) is 0. The molecule has 0 aliphatic carbocycles. The molecule has 9 heteroatoms. The fraction of sp³-hybridized carbons (Fsp3) is 0.600. The summed E-state index contributed by atoms with van der Waals surface area (Å²) >= 11 is 0. The Kier molecular flexibility index (Phi) is 3.48. The zero-order valence-electron chi connectivity index (χ0n) is 6.66. The number of carbonyl (C=O) groups is 2. The summed E-state index contributed by atoms with van der Waals surface area (Å²) in [5.41, 5.74) is 0. The van der Waals surface area contributed by atoms with Gasteiger partial charge in [-0.1, -0.05) is 0 Å². The lowest BCUT2D eigenvalue weighted by Gasteiger charge is -2.15. The van der Waals surface area contributed by atoms with Crippen LogP contribution in [0.2, 0.25) is 0 Å². The van der Waals surface area contributed by atoms with Crippen molar-refractivity contribution >= 4 is 21.8 Å². The topological polar surface area (TPSA) is 34.1 Å². The Morgan fingerprint density at radius 3 is 1.64 bits per heavy atom. The quantitative estimate of drug-likeness (QED) is 0.393. The first-order valence-corrected chi connectivity index (χ1v) is 4.34. The highest BCUT2D eigenvalue weighted by molar-refractivity contribution is 6.28. The van der Waals surface area contributed by atoms with E-state index in [1.54, 1.807) is 0 Å². The number of ketones is 2. The monoisotopic (exact) mass is 238 g/mol. The normalized spacial score (nSPS) is 15.3. The van der Waals surface area contributed by atoms with Gasteiger partial charge in [0.1, 0.15) is 5.79 Å². The highest BCUT2D eigenvalue weighted by Crippen LogP contribution is 2.29. The van der Waals surface area contributed by atoms with Crippen molar-refractivity contribution in [3.05, 3.63) is 0 Å². The van der Waals surface area contributed by atoms with Crippen LogP contribution in [0.4, 0.5) is 26.3 Å². The zero-order valence-corrected chi connectivity index (χ0v) is 8.66. The minimum atomic E-state index is -5.85. The van der Waals surface area contributed by atoms with E-state index in [2.05, 4.69) is 0 Å². The average Bonchev–Trinajstić information content (AvgIpc) is 1.99. The van der Waals surface area contributed by atoms with Crippen molar-refractivity contribution in [1.82, 2.24) is 0 Å². The molecule has 0 bridgehead atoms. The second kappa shape index (κ2) is 3.71. The first kappa shape index (κ1) is 13.1. The Morgan fingerprint density at radius 2 is 1.43 bits per heavy atom. The lowest BCUT2D eigenvalue weighted by Crippen LogP contribution is -2.49. The molecule has 1 atom stereocenters. The van der Waals surface area contributed by atoms with Gasteiger partial charge in [0.15, 0.2) is 0 Å². The van der Waals surface area contributed by atoms with Crippen LogP contribution in [0.1, 0.15) is 0 Å². The highest BCUT2D eigenvalue weighted by Gasteiger charge is 2.60. The molecule has 0 rings (SSSR count). The smallest absolute Gasteiger partial charge is 0.289 e. The molecule has 14 heavy (non-hydrogen) atoms. The lowest BCUT2D eigenvalue weighted by molar-refractivity contribution is -0.197. The molecule has 0 aromatic rings. The van der Waals surface area contributed by atoms with Crippen molar-refractivity contribution in [3.8, 4) is 0 Å². The fourth-order valence-electron chi connectivity index (χ4n) is 0.540. The van der Waals surface area contributed by atoms with Crippen molar-refractivity contribution in [2.24, 2.45) is 0 Å². The molecule has 0 heterocycles. The molecule has 82 valence electrons. The number of Topliss-reactive ketones (excluding diaryl/α,β-unsaturated/α-hetero) is 2. The van der Waals surface area contributed by atoms with Crippen molar-refractivity contribution in [2.75, 3.05) is 0 Å². The van der Waals surface area contributed by atoms with Gasteiger partial charge in [-0.15, -0.1) is 0 Å². The predicted molar refractivity (Wildman–Crippen MR) is 35.9 cm³/mol. The number of hydrogen-bond acceptors (Lipinski definition) is 2. The van der Waals surface area contributed by atoms with Gasteiger partial charge in [0, 0.05) is 0 Å². The third-order valence-electron chi connectivity index (χ3n) is 1.21. The first-order chi connectivity index (χ1) is 6.01. The van der Waals surface area contributed by atoms with Gasteiger partial charge in [-0.3, -0.25) is 9.59 Å². The largest absolute Gasteiger partial charge is 0.456 e. The van der Waals surface area contributed by atoms with E-state index in [4.69, 9.17) is 0 Å². The molecule has 0 saturated heterocycles. The molecule has 0 saturated carbocycles. The maximum Gasteiger partial charge on any atom is 0.456 e. The minimum absolute atomic E-state index is 0.700. The molecular weight excluding hydrogens is 234 g/mol. The van der Waals surface area contributed by atoms with Crippen molar-refractivity contribution in [3.63, 3.8) is 0 Å². The number of rotatable bonds is 3. The van der Waals surface area contributed by atoms with Crippen LogP contribution in [0.25, 0.3) is 0 Å². The van der Waals surface area contributed by atoms with E-state index in [1.165, 1.54) is 0 Å². The Labute approximate surface area is 76.7 Å². The molecule has 0 N–H and O–H groups in total. The molecule has 1 unspecified atom stereocenters. The third-order valence-corrected chi connectivity index (χ3v) is 1.74. The number of alkyl halides is 6. The Hall–Kier alpha value is -0.863. The van der Waals surface area contributed by atoms with E-state index < -0.39 is 39.7 Å². The molecule has 2 nitrogen and oxygen atoms in total. The van der Waals surface area contributed by atoms with Gasteiger partial charge >= 0.3 is 17.9 Å². The Bertz CT molecular complexity index is 257. The van der Waals surface area contributed by atoms with Gasteiger partial charge in [0.25, 0.3) is 0 Å². The summed E-state index contributed by atoms with van der Waals surface area (Å²) in [4.78, 5) is 20.2. The van der Waals surface area contributed by atoms with E-state index in [0.29, 0.717) is 0 Å². The molecule has 0 radical (unpaired) electrons. The van der Waals surface area contributed by atoms with Crippen LogP contribution in [0, 0.1) is 0 Å². The Balaban J connectivity index is 4.98. The summed E-state index contributed by atoms with van der Waals surface area (Å²) in [5.74, 6) is -14.2. The van der Waals surface area contributed by atoms with Crippen LogP contribution >= 0.6 is 0 Å². The van der Waals surface area contributed by atoms with E-state index in [-0.39, 0.29) is 0 Å². The van der Waals surface area contributed by atoms with Gasteiger partial charge in [-0.05, 0) is 0 Å². The van der Waals surface area contributed by atoms with Crippen LogP contribution in [0.15, 0.2) is 0 Å². The van der Waals surface area contributed by atoms with Gasteiger partial charge < -0.3 is 0 Å². The minimum Gasteiger partial charge on any atom is -0.289 e. The fourth-order valence-corrected chi connectivity index (χ4v) is 0.902. The summed E-state index contributed by atoms with van der Waals surface area (Å²) in [6.07, 6.45) is -5.85. The summed E-state index contributed by atoms with van der Waals surface area (Å²) in [6.45, 7) is 0. The van der Waals surface area contributed by atoms with Gasteiger partial charge in [0.2, 0.25) is 5.78 Å². The SMILES string of the molecule is O=C(C(F)[SiH3])C(F)(F)C(=O)C(F)(F)F. The lowest BCUT2D eigenvalue weighted by atomic mass is 10.1. The van der Waals surface area contributed by atoms with Crippen LogP contribution in [0.5, 0.6) is 0 Å². The van der Waals surface area contributed by atoms with Crippen molar-refractivity contribution < 1.29 is 35.9 Å². The van der Waals surface area contributed by atoms with Crippen LogP contribution in [-0.2, 0) is 9.59 Å². The second-order valence-electron chi connectivity index (χ2n) is 2.38. The van der Waals surface area contributed by atoms with Gasteiger partial charge in [0.05, 0.1) is 10.2 Å². The number of hydrogen-bond donors (Lipinski definition) is 0. The van der Waals surface area contributed by atoms with E-state index in [9.17, 15) is 35.9 Å². The molecule has 0 aromatic carbocycles. The molecule has 0 amide bonds. The van der Waals surface area contributed by atoms with E-state index in [1.807, 2.05) is 0 Å². The molecule has 0 aliphatic rings. The van der Waals surface area contributed by atoms with Crippen LogP contribution in [0.3, 0.4) is 0 Å². The standard InChI is InChI=1S/C5H4F6O2Si/c6-2(14)1(12)4(7,8)3(13)5(9,10)11/h2H,14H3.